The summed E-state index contributed by atoms with van der Waals surface area (Å²) in [6.45, 7) is 2.51. The van der Waals surface area contributed by atoms with Crippen LogP contribution in [0.2, 0.25) is 0 Å². The predicted molar refractivity (Wildman–Crippen MR) is 85.8 cm³/mol. The van der Waals surface area contributed by atoms with E-state index in [0.717, 1.165) is 11.3 Å². The quantitative estimate of drug-likeness (QED) is 0.675. The van der Waals surface area contributed by atoms with Gasteiger partial charge >= 0.3 is 10.8 Å². The lowest BCUT2D eigenvalue weighted by molar-refractivity contribution is 0.0598. The number of carbonyl (C=O) groups excluding carboxylic acids is 1. The summed E-state index contributed by atoms with van der Waals surface area (Å²) < 4.78 is 8.60. The SMILES string of the molecule is CCn1cc(C(=O)OC)c(=O)c2c3sc(=O)n(C)c3ccc21. The third-order valence-electron chi connectivity index (χ3n) is 3.75. The van der Waals surface area contributed by atoms with E-state index in [0.29, 0.717) is 27.7 Å². The number of aromatic nitrogens is 2. The Labute approximate surface area is 129 Å². The van der Waals surface area contributed by atoms with Gasteiger partial charge in [0, 0.05) is 19.8 Å². The molecule has 0 atom stereocenters. The molecule has 6 nitrogen and oxygen atoms in total. The Morgan fingerprint density at radius 1 is 1.27 bits per heavy atom. The Bertz CT molecular complexity index is 1030. The van der Waals surface area contributed by atoms with E-state index in [1.165, 1.54) is 17.9 Å². The van der Waals surface area contributed by atoms with E-state index < -0.39 is 11.4 Å². The molecule has 2 heterocycles. The molecule has 0 aliphatic carbocycles. The third kappa shape index (κ3) is 1.89. The molecule has 22 heavy (non-hydrogen) atoms. The van der Waals surface area contributed by atoms with E-state index >= 15 is 0 Å². The molecule has 3 rings (SSSR count). The number of ether oxygens (including phenoxy) is 1. The number of carbonyl (C=O) groups is 1. The van der Waals surface area contributed by atoms with Gasteiger partial charge in [-0.15, -0.1) is 0 Å². The number of thiazole rings is 1. The molecule has 3 aromatic rings. The third-order valence-corrected chi connectivity index (χ3v) is 4.82. The van der Waals surface area contributed by atoms with Crippen LogP contribution in [0.25, 0.3) is 21.1 Å². The van der Waals surface area contributed by atoms with Gasteiger partial charge in [-0.05, 0) is 19.1 Å². The number of esters is 1. The van der Waals surface area contributed by atoms with Crippen molar-refractivity contribution in [3.63, 3.8) is 0 Å². The van der Waals surface area contributed by atoms with Crippen molar-refractivity contribution in [3.8, 4) is 0 Å². The normalized spacial score (nSPS) is 11.2. The zero-order valence-corrected chi connectivity index (χ0v) is 13.2. The minimum Gasteiger partial charge on any atom is -0.465 e. The molecule has 0 spiro atoms. The van der Waals surface area contributed by atoms with Crippen LogP contribution >= 0.6 is 11.3 Å². The van der Waals surface area contributed by atoms with Crippen LogP contribution in [-0.4, -0.2) is 22.2 Å². The highest BCUT2D eigenvalue weighted by Crippen LogP contribution is 2.25. The van der Waals surface area contributed by atoms with E-state index in [4.69, 9.17) is 4.74 Å². The summed E-state index contributed by atoms with van der Waals surface area (Å²) in [7, 11) is 2.90. The number of hydrogen-bond acceptors (Lipinski definition) is 5. The Morgan fingerprint density at radius 2 is 1.95 bits per heavy atom. The maximum Gasteiger partial charge on any atom is 0.343 e. The van der Waals surface area contributed by atoms with E-state index in [9.17, 15) is 14.4 Å². The first-order valence-corrected chi connectivity index (χ1v) is 7.55. The van der Waals surface area contributed by atoms with Crippen LogP contribution in [0.3, 0.4) is 0 Å². The fourth-order valence-electron chi connectivity index (χ4n) is 2.58. The average Bonchev–Trinajstić information content (AvgIpc) is 2.81. The van der Waals surface area contributed by atoms with Crippen molar-refractivity contribution in [2.75, 3.05) is 7.11 Å². The zero-order chi connectivity index (χ0) is 16.0. The average molecular weight is 318 g/mol. The second kappa shape index (κ2) is 5.10. The number of pyridine rings is 1. The van der Waals surface area contributed by atoms with Crippen LogP contribution in [0.5, 0.6) is 0 Å². The summed E-state index contributed by atoms with van der Waals surface area (Å²) in [5.74, 6) is -0.672. The van der Waals surface area contributed by atoms with Crippen LogP contribution in [0.4, 0.5) is 0 Å². The fourth-order valence-corrected chi connectivity index (χ4v) is 3.60. The number of rotatable bonds is 2. The number of benzene rings is 1. The number of hydrogen-bond donors (Lipinski definition) is 0. The van der Waals surface area contributed by atoms with Gasteiger partial charge < -0.3 is 13.9 Å². The van der Waals surface area contributed by atoms with Crippen LogP contribution in [0, 0.1) is 0 Å². The van der Waals surface area contributed by atoms with Crippen LogP contribution in [0.1, 0.15) is 17.3 Å². The molecule has 0 saturated carbocycles. The fraction of sp³-hybridized carbons (Fsp3) is 0.267. The van der Waals surface area contributed by atoms with Crippen LogP contribution < -0.4 is 10.3 Å². The summed E-state index contributed by atoms with van der Waals surface area (Å²) >= 11 is 1.01. The Morgan fingerprint density at radius 3 is 2.59 bits per heavy atom. The number of nitrogens with zero attached hydrogens (tertiary/aromatic N) is 2. The van der Waals surface area contributed by atoms with Crippen molar-refractivity contribution in [1.29, 1.82) is 0 Å². The standard InChI is InChI=1S/C15H14N2O4S/c1-4-17-7-8(14(19)21-3)12(18)11-9(17)5-6-10-13(11)22-15(20)16(10)2/h5-7H,4H2,1-3H3. The highest BCUT2D eigenvalue weighted by atomic mass is 32.1. The minimum absolute atomic E-state index is 0.0205. The molecular weight excluding hydrogens is 304 g/mol. The summed E-state index contributed by atoms with van der Waals surface area (Å²) in [4.78, 5) is 36.3. The molecule has 114 valence electrons. The molecule has 0 aliphatic rings. The van der Waals surface area contributed by atoms with Crippen LogP contribution in [-0.2, 0) is 18.3 Å². The molecule has 0 radical (unpaired) electrons. The van der Waals surface area contributed by atoms with E-state index in [-0.39, 0.29) is 10.4 Å². The number of aryl methyl sites for hydroxylation is 2. The van der Waals surface area contributed by atoms with Crippen molar-refractivity contribution in [2.24, 2.45) is 7.05 Å². The Kier molecular flexibility index (Phi) is 3.37. The van der Waals surface area contributed by atoms with Crippen molar-refractivity contribution in [2.45, 2.75) is 13.5 Å². The van der Waals surface area contributed by atoms with Gasteiger partial charge in [-0.25, -0.2) is 4.79 Å². The first kappa shape index (κ1) is 14.5. The van der Waals surface area contributed by atoms with Crippen molar-refractivity contribution in [3.05, 3.63) is 43.8 Å². The second-order valence-corrected chi connectivity index (χ2v) is 5.85. The number of methoxy groups -OCH3 is 1. The van der Waals surface area contributed by atoms with E-state index in [1.807, 2.05) is 17.6 Å². The summed E-state index contributed by atoms with van der Waals surface area (Å²) in [5.41, 5.74) is 0.964. The predicted octanol–water partition coefficient (Wildman–Crippen LogP) is 1.72. The van der Waals surface area contributed by atoms with Gasteiger partial charge in [0.25, 0.3) is 0 Å². The maximum atomic E-state index is 12.7. The second-order valence-electron chi connectivity index (χ2n) is 4.88. The molecule has 0 saturated heterocycles. The molecule has 0 amide bonds. The monoisotopic (exact) mass is 318 g/mol. The number of fused-ring (bicyclic) bond motifs is 3. The van der Waals surface area contributed by atoms with Gasteiger partial charge in [0.1, 0.15) is 5.56 Å². The minimum atomic E-state index is -0.672. The Hall–Kier alpha value is -2.41. The largest absolute Gasteiger partial charge is 0.465 e. The molecule has 0 unspecified atom stereocenters. The zero-order valence-electron chi connectivity index (χ0n) is 12.4. The van der Waals surface area contributed by atoms with Gasteiger partial charge in [0.2, 0.25) is 5.43 Å². The van der Waals surface area contributed by atoms with Gasteiger partial charge in [0.05, 0.1) is 28.2 Å². The maximum absolute atomic E-state index is 12.7. The topological polar surface area (TPSA) is 70.3 Å². The van der Waals surface area contributed by atoms with Crippen molar-refractivity contribution >= 4 is 38.4 Å². The van der Waals surface area contributed by atoms with E-state index in [1.54, 1.807) is 13.1 Å². The van der Waals surface area contributed by atoms with Gasteiger partial charge in [-0.1, -0.05) is 11.3 Å². The van der Waals surface area contributed by atoms with Crippen molar-refractivity contribution in [1.82, 2.24) is 9.13 Å². The molecule has 1 aromatic carbocycles. The highest BCUT2D eigenvalue weighted by molar-refractivity contribution is 7.17. The molecule has 0 aliphatic heterocycles. The van der Waals surface area contributed by atoms with Gasteiger partial charge in [0.15, 0.2) is 0 Å². The van der Waals surface area contributed by atoms with Crippen LogP contribution in [0.15, 0.2) is 27.9 Å². The first-order chi connectivity index (χ1) is 10.5. The summed E-state index contributed by atoms with van der Waals surface area (Å²) in [6, 6.07) is 3.62. The lowest BCUT2D eigenvalue weighted by Gasteiger charge is -2.11. The molecule has 7 heteroatoms. The molecular formula is C15H14N2O4S. The summed E-state index contributed by atoms with van der Waals surface area (Å²) in [5, 5.41) is 0.393. The van der Waals surface area contributed by atoms with Gasteiger partial charge in [-0.2, -0.15) is 0 Å². The summed E-state index contributed by atoms with van der Waals surface area (Å²) in [6.07, 6.45) is 1.51. The highest BCUT2D eigenvalue weighted by Gasteiger charge is 2.19. The van der Waals surface area contributed by atoms with Gasteiger partial charge in [-0.3, -0.25) is 9.59 Å². The lowest BCUT2D eigenvalue weighted by atomic mass is 10.1. The first-order valence-electron chi connectivity index (χ1n) is 6.73. The molecule has 0 N–H and O–H groups in total. The lowest BCUT2D eigenvalue weighted by Crippen LogP contribution is -2.20. The van der Waals surface area contributed by atoms with Crippen molar-refractivity contribution < 1.29 is 9.53 Å². The Balaban J connectivity index is 2.60. The smallest absolute Gasteiger partial charge is 0.343 e. The molecule has 0 bridgehead atoms. The molecule has 0 fully saturated rings. The van der Waals surface area contributed by atoms with E-state index in [2.05, 4.69) is 0 Å². The molecule has 2 aromatic heterocycles.